The Labute approximate surface area is 114 Å². The number of rotatable bonds is 1. The number of carbonyl (C=O) groups is 1. The van der Waals surface area contributed by atoms with Gasteiger partial charge in [0.1, 0.15) is 5.82 Å². The van der Waals surface area contributed by atoms with Gasteiger partial charge in [-0.25, -0.2) is 4.39 Å². The summed E-state index contributed by atoms with van der Waals surface area (Å²) in [7, 11) is 0. The monoisotopic (exact) mass is 289 g/mol. The van der Waals surface area contributed by atoms with Crippen LogP contribution in [0.2, 0.25) is 0 Å². The van der Waals surface area contributed by atoms with E-state index >= 15 is 0 Å². The lowest BCUT2D eigenvalue weighted by Gasteiger charge is -2.30. The molecule has 6 heteroatoms. The molecule has 1 saturated heterocycles. The molecule has 20 heavy (non-hydrogen) atoms. The summed E-state index contributed by atoms with van der Waals surface area (Å²) >= 11 is 0. The van der Waals surface area contributed by atoms with Crippen molar-refractivity contribution in [2.45, 2.75) is 25.9 Å². The molecule has 2 rings (SSSR count). The molecule has 0 saturated carbocycles. The standard InChI is InChI=1S/C14H15F4NO/c1-9-5-7-19(8-6-9)13(20)10-3-2-4-11(12(10)15)14(16,17)18/h2-4,9H,5-8H2,1H3. The zero-order valence-electron chi connectivity index (χ0n) is 11.0. The zero-order valence-corrected chi connectivity index (χ0v) is 11.0. The molecule has 0 bridgehead atoms. The first-order chi connectivity index (χ1) is 9.30. The minimum Gasteiger partial charge on any atom is -0.339 e. The highest BCUT2D eigenvalue weighted by Crippen LogP contribution is 2.33. The summed E-state index contributed by atoms with van der Waals surface area (Å²) in [5, 5.41) is 0. The first-order valence-electron chi connectivity index (χ1n) is 6.45. The number of hydrogen-bond donors (Lipinski definition) is 0. The predicted octanol–water partition coefficient (Wildman–Crippen LogP) is 3.72. The van der Waals surface area contributed by atoms with E-state index in [0.717, 1.165) is 25.0 Å². The summed E-state index contributed by atoms with van der Waals surface area (Å²) in [5.41, 5.74) is -1.90. The van der Waals surface area contributed by atoms with Crippen molar-refractivity contribution in [3.63, 3.8) is 0 Å². The van der Waals surface area contributed by atoms with E-state index in [2.05, 4.69) is 0 Å². The Morgan fingerprint density at radius 1 is 1.25 bits per heavy atom. The Hall–Kier alpha value is -1.59. The molecule has 0 radical (unpaired) electrons. The summed E-state index contributed by atoms with van der Waals surface area (Å²) in [5.74, 6) is -1.67. The van der Waals surface area contributed by atoms with Crippen molar-refractivity contribution in [3.8, 4) is 0 Å². The maximum absolute atomic E-state index is 13.9. The van der Waals surface area contributed by atoms with Gasteiger partial charge < -0.3 is 4.90 Å². The van der Waals surface area contributed by atoms with Crippen LogP contribution in [-0.2, 0) is 6.18 Å². The molecule has 1 aliphatic rings. The van der Waals surface area contributed by atoms with Gasteiger partial charge in [-0.3, -0.25) is 4.79 Å². The van der Waals surface area contributed by atoms with Gasteiger partial charge in [0.15, 0.2) is 0 Å². The van der Waals surface area contributed by atoms with Gasteiger partial charge in [0, 0.05) is 13.1 Å². The number of likely N-dealkylation sites (tertiary alicyclic amines) is 1. The van der Waals surface area contributed by atoms with E-state index in [4.69, 9.17) is 0 Å². The molecule has 0 N–H and O–H groups in total. The highest BCUT2D eigenvalue weighted by atomic mass is 19.4. The van der Waals surface area contributed by atoms with Crippen LogP contribution in [0.4, 0.5) is 17.6 Å². The molecule has 0 aromatic heterocycles. The van der Waals surface area contributed by atoms with Crippen molar-refractivity contribution < 1.29 is 22.4 Å². The number of benzene rings is 1. The third-order valence-corrected chi connectivity index (χ3v) is 3.61. The molecule has 1 heterocycles. The fourth-order valence-corrected chi connectivity index (χ4v) is 2.30. The average Bonchev–Trinajstić information content (AvgIpc) is 2.37. The SMILES string of the molecule is CC1CCN(C(=O)c2cccc(C(F)(F)F)c2F)CC1. The van der Waals surface area contributed by atoms with Crippen molar-refractivity contribution in [1.29, 1.82) is 0 Å². The van der Waals surface area contributed by atoms with E-state index in [0.29, 0.717) is 25.1 Å². The van der Waals surface area contributed by atoms with Crippen LogP contribution < -0.4 is 0 Å². The summed E-state index contributed by atoms with van der Waals surface area (Å²) in [4.78, 5) is 13.5. The summed E-state index contributed by atoms with van der Waals surface area (Å²) in [6.07, 6.45) is -3.23. The molecule has 0 aliphatic carbocycles. The van der Waals surface area contributed by atoms with E-state index in [9.17, 15) is 22.4 Å². The quantitative estimate of drug-likeness (QED) is 0.722. The Morgan fingerprint density at radius 2 is 1.85 bits per heavy atom. The first kappa shape index (κ1) is 14.8. The van der Waals surface area contributed by atoms with Crippen LogP contribution in [0.15, 0.2) is 18.2 Å². The number of nitrogens with zero attached hydrogens (tertiary/aromatic N) is 1. The van der Waals surface area contributed by atoms with E-state index in [-0.39, 0.29) is 0 Å². The molecule has 1 aromatic rings. The second-order valence-corrected chi connectivity index (χ2v) is 5.14. The van der Waals surface area contributed by atoms with Crippen LogP contribution in [0.25, 0.3) is 0 Å². The predicted molar refractivity (Wildman–Crippen MR) is 65.7 cm³/mol. The van der Waals surface area contributed by atoms with Crippen LogP contribution in [0, 0.1) is 11.7 Å². The molecule has 1 fully saturated rings. The molecule has 110 valence electrons. The lowest BCUT2D eigenvalue weighted by molar-refractivity contribution is -0.140. The van der Waals surface area contributed by atoms with Crippen LogP contribution in [-0.4, -0.2) is 23.9 Å². The van der Waals surface area contributed by atoms with E-state index < -0.39 is 29.0 Å². The van der Waals surface area contributed by atoms with Gasteiger partial charge in [-0.05, 0) is 30.9 Å². The van der Waals surface area contributed by atoms with Crippen LogP contribution in [0.1, 0.15) is 35.7 Å². The molecule has 0 unspecified atom stereocenters. The van der Waals surface area contributed by atoms with Crippen molar-refractivity contribution in [1.82, 2.24) is 4.90 Å². The van der Waals surface area contributed by atoms with Crippen LogP contribution in [0.3, 0.4) is 0 Å². The number of halogens is 4. The summed E-state index contributed by atoms with van der Waals surface area (Å²) < 4.78 is 51.7. The molecule has 0 spiro atoms. The topological polar surface area (TPSA) is 20.3 Å². The van der Waals surface area contributed by atoms with Crippen molar-refractivity contribution in [2.75, 3.05) is 13.1 Å². The van der Waals surface area contributed by atoms with Crippen molar-refractivity contribution >= 4 is 5.91 Å². The second-order valence-electron chi connectivity index (χ2n) is 5.14. The highest BCUT2D eigenvalue weighted by Gasteiger charge is 2.36. The molecule has 1 amide bonds. The number of amides is 1. The zero-order chi connectivity index (χ0) is 14.9. The number of alkyl halides is 3. The van der Waals surface area contributed by atoms with E-state index in [1.165, 1.54) is 4.90 Å². The van der Waals surface area contributed by atoms with Crippen LogP contribution in [0.5, 0.6) is 0 Å². The first-order valence-corrected chi connectivity index (χ1v) is 6.45. The number of carbonyl (C=O) groups excluding carboxylic acids is 1. The lowest BCUT2D eigenvalue weighted by atomic mass is 9.98. The Bertz CT molecular complexity index is 504. The molecule has 2 nitrogen and oxygen atoms in total. The van der Waals surface area contributed by atoms with Crippen LogP contribution >= 0.6 is 0 Å². The smallest absolute Gasteiger partial charge is 0.339 e. The van der Waals surface area contributed by atoms with Gasteiger partial charge in [-0.2, -0.15) is 13.2 Å². The van der Waals surface area contributed by atoms with E-state index in [1.807, 2.05) is 6.92 Å². The Kier molecular flexibility index (Phi) is 4.01. The average molecular weight is 289 g/mol. The summed E-state index contributed by atoms with van der Waals surface area (Å²) in [6, 6.07) is 2.81. The Balaban J connectivity index is 2.27. The number of hydrogen-bond acceptors (Lipinski definition) is 1. The van der Waals surface area contributed by atoms with E-state index in [1.54, 1.807) is 0 Å². The minimum atomic E-state index is -4.79. The van der Waals surface area contributed by atoms with Crippen molar-refractivity contribution in [3.05, 3.63) is 35.1 Å². The maximum atomic E-state index is 13.9. The highest BCUT2D eigenvalue weighted by molar-refractivity contribution is 5.94. The third kappa shape index (κ3) is 2.94. The normalized spacial score (nSPS) is 17.4. The fourth-order valence-electron chi connectivity index (χ4n) is 2.30. The minimum absolute atomic E-state index is 0.454. The molecular formula is C14H15F4NO. The molecule has 1 aliphatic heterocycles. The second kappa shape index (κ2) is 5.42. The molecule has 1 aromatic carbocycles. The number of piperidine rings is 1. The Morgan fingerprint density at radius 3 is 2.40 bits per heavy atom. The summed E-state index contributed by atoms with van der Waals surface area (Å²) in [6.45, 7) is 2.96. The molecule has 0 atom stereocenters. The fraction of sp³-hybridized carbons (Fsp3) is 0.500. The van der Waals surface area contributed by atoms with Gasteiger partial charge in [0.2, 0.25) is 0 Å². The molecular weight excluding hydrogens is 274 g/mol. The third-order valence-electron chi connectivity index (χ3n) is 3.61. The largest absolute Gasteiger partial charge is 0.419 e. The maximum Gasteiger partial charge on any atom is 0.419 e. The van der Waals surface area contributed by atoms with Gasteiger partial charge in [-0.15, -0.1) is 0 Å². The van der Waals surface area contributed by atoms with Gasteiger partial charge in [0.05, 0.1) is 11.1 Å². The van der Waals surface area contributed by atoms with Gasteiger partial charge >= 0.3 is 6.18 Å². The lowest BCUT2D eigenvalue weighted by Crippen LogP contribution is -2.38. The van der Waals surface area contributed by atoms with Gasteiger partial charge in [-0.1, -0.05) is 13.0 Å². The van der Waals surface area contributed by atoms with Crippen molar-refractivity contribution in [2.24, 2.45) is 5.92 Å². The van der Waals surface area contributed by atoms with Gasteiger partial charge in [0.25, 0.3) is 5.91 Å².